The molecule has 0 aliphatic heterocycles. The van der Waals surface area contributed by atoms with Crippen LogP contribution < -0.4 is 0 Å². The number of hydrogen-bond donors (Lipinski definition) is 1. The molecule has 0 bridgehead atoms. The fourth-order valence-electron chi connectivity index (χ4n) is 2.25. The molecule has 1 N–H and O–H groups in total. The molecule has 106 valence electrons. The van der Waals surface area contributed by atoms with Crippen molar-refractivity contribution in [2.45, 2.75) is 26.9 Å². The number of rotatable bonds is 5. The average Bonchev–Trinajstić information content (AvgIpc) is 2.71. The van der Waals surface area contributed by atoms with Gasteiger partial charge in [-0.15, -0.1) is 11.3 Å². The first-order chi connectivity index (χ1) is 9.45. The number of hydrogen-bond acceptors (Lipinski definition) is 3. The van der Waals surface area contributed by atoms with Crippen LogP contribution in [0.3, 0.4) is 0 Å². The molecule has 0 unspecified atom stereocenters. The van der Waals surface area contributed by atoms with Crippen molar-refractivity contribution >= 4 is 17.3 Å². The summed E-state index contributed by atoms with van der Waals surface area (Å²) < 4.78 is 0. The van der Waals surface area contributed by atoms with Gasteiger partial charge in [0.25, 0.3) is 0 Å². The molecule has 0 spiro atoms. The number of nitrogens with zero attached hydrogens (tertiary/aromatic N) is 1. The Morgan fingerprint density at radius 2 is 2.00 bits per heavy atom. The highest BCUT2D eigenvalue weighted by atomic mass is 32.1. The van der Waals surface area contributed by atoms with Crippen molar-refractivity contribution in [1.29, 1.82) is 0 Å². The van der Waals surface area contributed by atoms with E-state index >= 15 is 0 Å². The van der Waals surface area contributed by atoms with Gasteiger partial charge in [-0.25, -0.2) is 4.79 Å². The third-order valence-corrected chi connectivity index (χ3v) is 4.29. The molecular formula is C16H19NO2S. The maximum absolute atomic E-state index is 11.0. The van der Waals surface area contributed by atoms with Gasteiger partial charge < -0.3 is 5.11 Å². The molecule has 1 aromatic carbocycles. The summed E-state index contributed by atoms with van der Waals surface area (Å²) in [5.74, 6) is -0.842. The molecule has 0 aliphatic rings. The lowest BCUT2D eigenvalue weighted by Crippen LogP contribution is -2.17. The molecule has 0 radical (unpaired) electrons. The minimum Gasteiger partial charge on any atom is -0.477 e. The summed E-state index contributed by atoms with van der Waals surface area (Å²) >= 11 is 1.35. The van der Waals surface area contributed by atoms with Crippen LogP contribution in [0.5, 0.6) is 0 Å². The van der Waals surface area contributed by atoms with Crippen molar-refractivity contribution in [2.24, 2.45) is 0 Å². The van der Waals surface area contributed by atoms with E-state index in [4.69, 9.17) is 5.11 Å². The van der Waals surface area contributed by atoms with E-state index in [0.29, 0.717) is 4.88 Å². The first kappa shape index (κ1) is 14.8. The van der Waals surface area contributed by atoms with Crippen LogP contribution >= 0.6 is 11.3 Å². The maximum Gasteiger partial charge on any atom is 0.345 e. The minimum absolute atomic E-state index is 0.418. The topological polar surface area (TPSA) is 40.5 Å². The summed E-state index contributed by atoms with van der Waals surface area (Å²) in [6, 6.07) is 10.2. The van der Waals surface area contributed by atoms with Crippen LogP contribution in [-0.2, 0) is 13.1 Å². The van der Waals surface area contributed by atoms with Gasteiger partial charge in [-0.05, 0) is 38.1 Å². The van der Waals surface area contributed by atoms with E-state index < -0.39 is 5.97 Å². The van der Waals surface area contributed by atoms with Gasteiger partial charge in [0.15, 0.2) is 0 Å². The van der Waals surface area contributed by atoms with Gasteiger partial charge in [-0.1, -0.05) is 29.8 Å². The summed E-state index contributed by atoms with van der Waals surface area (Å²) in [5.41, 5.74) is 3.64. The molecule has 0 fully saturated rings. The fraction of sp³-hybridized carbons (Fsp3) is 0.312. The van der Waals surface area contributed by atoms with E-state index in [1.807, 2.05) is 6.92 Å². The van der Waals surface area contributed by atoms with Crippen molar-refractivity contribution in [3.05, 3.63) is 56.8 Å². The highest BCUT2D eigenvalue weighted by Gasteiger charge is 2.12. The highest BCUT2D eigenvalue weighted by Crippen LogP contribution is 2.23. The van der Waals surface area contributed by atoms with E-state index in [1.54, 1.807) is 6.07 Å². The van der Waals surface area contributed by atoms with Crippen molar-refractivity contribution in [1.82, 2.24) is 4.90 Å². The zero-order valence-electron chi connectivity index (χ0n) is 12.0. The van der Waals surface area contributed by atoms with E-state index in [2.05, 4.69) is 43.1 Å². The van der Waals surface area contributed by atoms with Crippen LogP contribution in [0.1, 0.15) is 31.2 Å². The molecular weight excluding hydrogens is 270 g/mol. The van der Waals surface area contributed by atoms with Gasteiger partial charge in [0.05, 0.1) is 0 Å². The summed E-state index contributed by atoms with van der Waals surface area (Å²) in [5, 5.41) is 9.02. The summed E-state index contributed by atoms with van der Waals surface area (Å²) in [4.78, 5) is 14.7. The molecule has 2 rings (SSSR count). The van der Waals surface area contributed by atoms with Gasteiger partial charge in [-0.3, -0.25) is 4.90 Å². The van der Waals surface area contributed by atoms with Gasteiger partial charge in [0.1, 0.15) is 4.88 Å². The van der Waals surface area contributed by atoms with Crippen LogP contribution in [0.25, 0.3) is 0 Å². The number of carboxylic acids is 1. The molecule has 1 heterocycles. The summed E-state index contributed by atoms with van der Waals surface area (Å²) in [7, 11) is 2.06. The standard InChI is InChI=1S/C16H19NO2S/c1-11-5-4-6-13(7-11)9-17(3)10-14-8-15(16(18)19)20-12(14)2/h4-8H,9-10H2,1-3H3,(H,18,19). The predicted molar refractivity (Wildman–Crippen MR) is 82.4 cm³/mol. The Morgan fingerprint density at radius 3 is 2.60 bits per heavy atom. The Balaban J connectivity index is 2.04. The Labute approximate surface area is 123 Å². The normalized spacial score (nSPS) is 11.0. The second-order valence-electron chi connectivity index (χ2n) is 5.16. The monoisotopic (exact) mass is 289 g/mol. The fourth-order valence-corrected chi connectivity index (χ4v) is 3.12. The number of aromatic carboxylic acids is 1. The van der Waals surface area contributed by atoms with Gasteiger partial charge >= 0.3 is 5.97 Å². The molecule has 0 atom stereocenters. The van der Waals surface area contributed by atoms with E-state index in [9.17, 15) is 4.79 Å². The lowest BCUT2D eigenvalue weighted by molar-refractivity contribution is 0.0702. The smallest absolute Gasteiger partial charge is 0.345 e. The number of aryl methyl sites for hydroxylation is 2. The lowest BCUT2D eigenvalue weighted by atomic mass is 10.1. The number of benzene rings is 1. The lowest BCUT2D eigenvalue weighted by Gasteiger charge is -2.17. The second-order valence-corrected chi connectivity index (χ2v) is 6.41. The van der Waals surface area contributed by atoms with Gasteiger partial charge in [0, 0.05) is 18.0 Å². The average molecular weight is 289 g/mol. The molecule has 3 nitrogen and oxygen atoms in total. The van der Waals surface area contributed by atoms with Crippen molar-refractivity contribution in [3.63, 3.8) is 0 Å². The predicted octanol–water partition coefficient (Wildman–Crippen LogP) is 3.70. The first-order valence-electron chi connectivity index (χ1n) is 6.52. The molecule has 0 aliphatic carbocycles. The largest absolute Gasteiger partial charge is 0.477 e. The van der Waals surface area contributed by atoms with Crippen molar-refractivity contribution in [2.75, 3.05) is 7.05 Å². The third-order valence-electron chi connectivity index (χ3n) is 3.21. The third kappa shape index (κ3) is 3.68. The Morgan fingerprint density at radius 1 is 1.25 bits per heavy atom. The van der Waals surface area contributed by atoms with Crippen LogP contribution in [0.2, 0.25) is 0 Å². The van der Waals surface area contributed by atoms with Crippen LogP contribution in [0, 0.1) is 13.8 Å². The number of carbonyl (C=O) groups is 1. The molecule has 1 aromatic heterocycles. The first-order valence-corrected chi connectivity index (χ1v) is 7.34. The summed E-state index contributed by atoms with van der Waals surface area (Å²) in [6.45, 7) is 5.70. The molecule has 2 aromatic rings. The van der Waals surface area contributed by atoms with Crippen LogP contribution in [-0.4, -0.2) is 23.0 Å². The number of thiophene rings is 1. The Hall–Kier alpha value is -1.65. The molecule has 0 saturated heterocycles. The minimum atomic E-state index is -0.842. The molecule has 4 heteroatoms. The SMILES string of the molecule is Cc1cccc(CN(C)Cc2cc(C(=O)O)sc2C)c1. The van der Waals surface area contributed by atoms with E-state index in [-0.39, 0.29) is 0 Å². The van der Waals surface area contributed by atoms with Crippen LogP contribution in [0.4, 0.5) is 0 Å². The van der Waals surface area contributed by atoms with Crippen LogP contribution in [0.15, 0.2) is 30.3 Å². The highest BCUT2D eigenvalue weighted by molar-refractivity contribution is 7.14. The quantitative estimate of drug-likeness (QED) is 0.912. The molecule has 0 amide bonds. The Kier molecular flexibility index (Phi) is 4.57. The molecule has 20 heavy (non-hydrogen) atoms. The maximum atomic E-state index is 11.0. The summed E-state index contributed by atoms with van der Waals surface area (Å²) in [6.07, 6.45) is 0. The van der Waals surface area contributed by atoms with E-state index in [0.717, 1.165) is 23.5 Å². The van der Waals surface area contributed by atoms with Gasteiger partial charge in [-0.2, -0.15) is 0 Å². The van der Waals surface area contributed by atoms with E-state index in [1.165, 1.54) is 22.5 Å². The second kappa shape index (κ2) is 6.20. The molecule has 0 saturated carbocycles. The zero-order chi connectivity index (χ0) is 14.7. The number of carboxylic acid groups (broad SMARTS) is 1. The van der Waals surface area contributed by atoms with Gasteiger partial charge in [0.2, 0.25) is 0 Å². The van der Waals surface area contributed by atoms with Crippen molar-refractivity contribution in [3.8, 4) is 0 Å². The van der Waals surface area contributed by atoms with Crippen molar-refractivity contribution < 1.29 is 9.90 Å². The Bertz CT molecular complexity index is 619. The zero-order valence-corrected chi connectivity index (χ0v) is 12.8.